The van der Waals surface area contributed by atoms with Crippen LogP contribution < -0.4 is 10.2 Å². The van der Waals surface area contributed by atoms with E-state index in [1.807, 2.05) is 12.1 Å². The van der Waals surface area contributed by atoms with Gasteiger partial charge in [0, 0.05) is 32.6 Å². The minimum Gasteiger partial charge on any atom is -0.507 e. The van der Waals surface area contributed by atoms with Crippen molar-refractivity contribution in [1.82, 2.24) is 5.43 Å². The molecular weight excluding hydrogens is 396 g/mol. The standard InChI is InChI=1S/C17H14BrClN2O3/c18-10-3-9-7-23-8-24-17(9)13(4-10)15-6-14(20-21-15)12-5-11(19)1-2-16(12)22/h1-5,15,21-22H,6-8H2/t15-/m0/s1. The lowest BCUT2D eigenvalue weighted by Crippen LogP contribution is -2.17. The van der Waals surface area contributed by atoms with Crippen molar-refractivity contribution < 1.29 is 14.6 Å². The fourth-order valence-electron chi connectivity index (χ4n) is 3.00. The lowest BCUT2D eigenvalue weighted by Gasteiger charge is -2.23. The first kappa shape index (κ1) is 15.7. The Bertz CT molecular complexity index is 841. The van der Waals surface area contributed by atoms with Crippen LogP contribution in [0.2, 0.25) is 5.02 Å². The first-order valence-corrected chi connectivity index (χ1v) is 8.63. The first-order valence-electron chi connectivity index (χ1n) is 7.45. The molecule has 0 fully saturated rings. The van der Waals surface area contributed by atoms with E-state index in [1.54, 1.807) is 18.2 Å². The summed E-state index contributed by atoms with van der Waals surface area (Å²) in [6.07, 6.45) is 0.626. The van der Waals surface area contributed by atoms with E-state index in [0.717, 1.165) is 27.1 Å². The molecule has 2 aliphatic heterocycles. The molecule has 0 saturated heterocycles. The number of hydrogen-bond acceptors (Lipinski definition) is 5. The summed E-state index contributed by atoms with van der Waals surface area (Å²) in [6.45, 7) is 0.772. The molecule has 0 radical (unpaired) electrons. The zero-order valence-electron chi connectivity index (χ0n) is 12.6. The summed E-state index contributed by atoms with van der Waals surface area (Å²) in [5.41, 5.74) is 6.57. The predicted octanol–water partition coefficient (Wildman–Crippen LogP) is 4.11. The Hall–Kier alpha value is -1.76. The van der Waals surface area contributed by atoms with Crippen LogP contribution in [0.5, 0.6) is 11.5 Å². The SMILES string of the molecule is Oc1ccc(Cl)cc1C1=NN[C@H](c2cc(Br)cc3c2OCOC3)C1. The molecule has 0 saturated carbocycles. The van der Waals surface area contributed by atoms with Crippen molar-refractivity contribution in [2.75, 3.05) is 6.79 Å². The normalized spacial score (nSPS) is 19.2. The highest BCUT2D eigenvalue weighted by molar-refractivity contribution is 9.10. The molecule has 0 unspecified atom stereocenters. The molecule has 2 aromatic rings. The zero-order chi connectivity index (χ0) is 16.7. The molecule has 1 atom stereocenters. The maximum Gasteiger partial charge on any atom is 0.189 e. The molecular formula is C17H14BrClN2O3. The monoisotopic (exact) mass is 408 g/mol. The Morgan fingerprint density at radius 3 is 3.04 bits per heavy atom. The van der Waals surface area contributed by atoms with Crippen LogP contribution in [0.15, 0.2) is 39.9 Å². The van der Waals surface area contributed by atoms with Gasteiger partial charge in [0.05, 0.1) is 18.4 Å². The van der Waals surface area contributed by atoms with Crippen molar-refractivity contribution in [2.24, 2.45) is 5.10 Å². The molecule has 2 aliphatic rings. The second-order valence-corrected chi connectivity index (χ2v) is 7.05. The summed E-state index contributed by atoms with van der Waals surface area (Å²) in [6, 6.07) is 8.94. The van der Waals surface area contributed by atoms with Crippen molar-refractivity contribution in [3.05, 3.63) is 56.5 Å². The van der Waals surface area contributed by atoms with E-state index < -0.39 is 0 Å². The topological polar surface area (TPSA) is 63.1 Å². The van der Waals surface area contributed by atoms with Crippen LogP contribution in [0, 0.1) is 0 Å². The second-order valence-electron chi connectivity index (χ2n) is 5.70. The van der Waals surface area contributed by atoms with Crippen LogP contribution in [0.25, 0.3) is 0 Å². The number of nitrogens with one attached hydrogen (secondary N) is 1. The van der Waals surface area contributed by atoms with Crippen LogP contribution in [0.1, 0.15) is 29.2 Å². The average Bonchev–Trinajstić information content (AvgIpc) is 3.06. The maximum absolute atomic E-state index is 10.1. The molecule has 0 aliphatic carbocycles. The Morgan fingerprint density at radius 2 is 2.17 bits per heavy atom. The molecule has 2 aromatic carbocycles. The maximum atomic E-state index is 10.1. The van der Waals surface area contributed by atoms with Gasteiger partial charge in [0.25, 0.3) is 0 Å². The lowest BCUT2D eigenvalue weighted by molar-refractivity contribution is -0.0173. The van der Waals surface area contributed by atoms with Crippen molar-refractivity contribution >= 4 is 33.2 Å². The van der Waals surface area contributed by atoms with Gasteiger partial charge in [-0.2, -0.15) is 5.10 Å². The van der Waals surface area contributed by atoms with E-state index in [1.165, 1.54) is 0 Å². The number of phenolic OH excluding ortho intramolecular Hbond substituents is 1. The summed E-state index contributed by atoms with van der Waals surface area (Å²) in [5, 5.41) is 15.0. The van der Waals surface area contributed by atoms with E-state index in [9.17, 15) is 5.11 Å². The van der Waals surface area contributed by atoms with E-state index >= 15 is 0 Å². The van der Waals surface area contributed by atoms with Gasteiger partial charge < -0.3 is 20.0 Å². The third kappa shape index (κ3) is 2.85. The van der Waals surface area contributed by atoms with Crippen LogP contribution in [-0.4, -0.2) is 17.6 Å². The number of halogens is 2. The molecule has 0 bridgehead atoms. The van der Waals surface area contributed by atoms with E-state index in [2.05, 4.69) is 26.5 Å². The fraction of sp³-hybridized carbons (Fsp3) is 0.235. The van der Waals surface area contributed by atoms with Gasteiger partial charge >= 0.3 is 0 Å². The van der Waals surface area contributed by atoms with Gasteiger partial charge in [0.1, 0.15) is 11.5 Å². The van der Waals surface area contributed by atoms with Crippen LogP contribution >= 0.6 is 27.5 Å². The molecule has 4 rings (SSSR count). The number of hydrazone groups is 1. The minimum atomic E-state index is -0.0391. The highest BCUT2D eigenvalue weighted by Gasteiger charge is 2.28. The number of aromatic hydroxyl groups is 1. The van der Waals surface area contributed by atoms with Crippen LogP contribution in [-0.2, 0) is 11.3 Å². The lowest BCUT2D eigenvalue weighted by atomic mass is 9.96. The van der Waals surface area contributed by atoms with Gasteiger partial charge in [-0.3, -0.25) is 0 Å². The van der Waals surface area contributed by atoms with Gasteiger partial charge in [-0.25, -0.2) is 0 Å². The smallest absolute Gasteiger partial charge is 0.189 e. The van der Waals surface area contributed by atoms with Gasteiger partial charge in [0.15, 0.2) is 6.79 Å². The summed E-state index contributed by atoms with van der Waals surface area (Å²) in [4.78, 5) is 0. The van der Waals surface area contributed by atoms with Crippen LogP contribution in [0.4, 0.5) is 0 Å². The summed E-state index contributed by atoms with van der Waals surface area (Å²) < 4.78 is 12.0. The molecule has 2 N–H and O–H groups in total. The number of fused-ring (bicyclic) bond motifs is 1. The molecule has 0 amide bonds. The van der Waals surface area contributed by atoms with Gasteiger partial charge in [0.2, 0.25) is 0 Å². The second kappa shape index (κ2) is 6.27. The Kier molecular flexibility index (Phi) is 4.12. The summed E-state index contributed by atoms with van der Waals surface area (Å²) >= 11 is 9.57. The van der Waals surface area contributed by atoms with Crippen LogP contribution in [0.3, 0.4) is 0 Å². The molecule has 0 spiro atoms. The van der Waals surface area contributed by atoms with E-state index in [-0.39, 0.29) is 18.6 Å². The van der Waals surface area contributed by atoms with Gasteiger partial charge in [-0.15, -0.1) is 0 Å². The minimum absolute atomic E-state index is 0.0391. The Balaban J connectivity index is 1.65. The largest absolute Gasteiger partial charge is 0.507 e. The van der Waals surface area contributed by atoms with Crippen molar-refractivity contribution in [3.63, 3.8) is 0 Å². The third-order valence-electron chi connectivity index (χ3n) is 4.10. The van der Waals surface area contributed by atoms with Gasteiger partial charge in [-0.05, 0) is 30.3 Å². The number of ether oxygens (including phenoxy) is 2. The first-order chi connectivity index (χ1) is 11.6. The van der Waals surface area contributed by atoms with E-state index in [4.69, 9.17) is 21.1 Å². The number of benzene rings is 2. The summed E-state index contributed by atoms with van der Waals surface area (Å²) in [5.74, 6) is 1.01. The third-order valence-corrected chi connectivity index (χ3v) is 4.79. The summed E-state index contributed by atoms with van der Waals surface area (Å²) in [7, 11) is 0. The molecule has 0 aromatic heterocycles. The number of hydrogen-bond donors (Lipinski definition) is 2. The van der Waals surface area contributed by atoms with E-state index in [0.29, 0.717) is 23.6 Å². The van der Waals surface area contributed by atoms with Crippen molar-refractivity contribution in [2.45, 2.75) is 19.1 Å². The molecule has 5 nitrogen and oxygen atoms in total. The molecule has 124 valence electrons. The predicted molar refractivity (Wildman–Crippen MR) is 94.6 cm³/mol. The highest BCUT2D eigenvalue weighted by atomic mass is 79.9. The molecule has 24 heavy (non-hydrogen) atoms. The molecule has 2 heterocycles. The quantitative estimate of drug-likeness (QED) is 0.783. The zero-order valence-corrected chi connectivity index (χ0v) is 14.9. The average molecular weight is 410 g/mol. The highest BCUT2D eigenvalue weighted by Crippen LogP contribution is 2.39. The number of nitrogens with zero attached hydrogens (tertiary/aromatic N) is 1. The number of phenols is 1. The number of rotatable bonds is 2. The van der Waals surface area contributed by atoms with Gasteiger partial charge in [-0.1, -0.05) is 27.5 Å². The molecule has 7 heteroatoms. The Labute approximate surface area is 152 Å². The Morgan fingerprint density at radius 1 is 1.29 bits per heavy atom. The van der Waals surface area contributed by atoms with Crippen molar-refractivity contribution in [3.8, 4) is 11.5 Å². The van der Waals surface area contributed by atoms with Crippen molar-refractivity contribution in [1.29, 1.82) is 0 Å². The fourth-order valence-corrected chi connectivity index (χ4v) is 3.69.